The van der Waals surface area contributed by atoms with Crippen molar-refractivity contribution in [1.82, 2.24) is 0 Å². The van der Waals surface area contributed by atoms with E-state index in [9.17, 15) is 5.26 Å². The number of unbranched alkanes of at least 4 members (excludes halogenated alkanes) is 1. The molecule has 1 aliphatic carbocycles. The second kappa shape index (κ2) is 6.74. The molecule has 16 heavy (non-hydrogen) atoms. The van der Waals surface area contributed by atoms with Crippen LogP contribution in [-0.2, 0) is 0 Å². The van der Waals surface area contributed by atoms with Crippen molar-refractivity contribution in [2.75, 3.05) is 0 Å². The van der Waals surface area contributed by atoms with Crippen molar-refractivity contribution in [3.05, 3.63) is 12.7 Å². The van der Waals surface area contributed by atoms with Crippen LogP contribution in [0.2, 0.25) is 0 Å². The summed E-state index contributed by atoms with van der Waals surface area (Å²) < 4.78 is 0. The molecule has 1 aliphatic rings. The van der Waals surface area contributed by atoms with E-state index in [4.69, 9.17) is 0 Å². The molecule has 0 heterocycles. The highest BCUT2D eigenvalue weighted by Crippen LogP contribution is 2.43. The summed E-state index contributed by atoms with van der Waals surface area (Å²) in [6.07, 6.45) is 12.8. The molecule has 0 radical (unpaired) electrons. The molecule has 1 fully saturated rings. The van der Waals surface area contributed by atoms with Gasteiger partial charge in [-0.25, -0.2) is 0 Å². The van der Waals surface area contributed by atoms with E-state index >= 15 is 0 Å². The SMILES string of the molecule is C=CCCC1(C#N)CCC(CCCC)CC1. The Morgan fingerprint density at radius 1 is 1.44 bits per heavy atom. The highest BCUT2D eigenvalue weighted by atomic mass is 14.4. The first-order valence-electron chi connectivity index (χ1n) is 6.78. The van der Waals surface area contributed by atoms with E-state index in [0.717, 1.165) is 31.6 Å². The molecule has 90 valence electrons. The van der Waals surface area contributed by atoms with Crippen LogP contribution in [0.1, 0.15) is 64.7 Å². The minimum Gasteiger partial charge on any atom is -0.198 e. The minimum absolute atomic E-state index is 0.0170. The van der Waals surface area contributed by atoms with Crippen molar-refractivity contribution in [2.24, 2.45) is 11.3 Å². The Kier molecular flexibility index (Phi) is 5.60. The number of nitrogens with zero attached hydrogens (tertiary/aromatic N) is 1. The van der Waals surface area contributed by atoms with Crippen molar-refractivity contribution in [2.45, 2.75) is 64.7 Å². The lowest BCUT2D eigenvalue weighted by Crippen LogP contribution is -2.26. The Bertz CT molecular complexity index is 241. The van der Waals surface area contributed by atoms with Gasteiger partial charge in [-0.2, -0.15) is 5.26 Å². The second-order valence-electron chi connectivity index (χ2n) is 5.31. The normalized spacial score (nSPS) is 29.6. The molecule has 0 aromatic heterocycles. The summed E-state index contributed by atoms with van der Waals surface area (Å²) in [5.74, 6) is 0.894. The molecule has 0 aromatic carbocycles. The van der Waals surface area contributed by atoms with Crippen molar-refractivity contribution >= 4 is 0 Å². The Labute approximate surface area is 101 Å². The van der Waals surface area contributed by atoms with Gasteiger partial charge in [0.25, 0.3) is 0 Å². The molecule has 0 amide bonds. The fourth-order valence-corrected chi connectivity index (χ4v) is 2.81. The zero-order chi connectivity index (χ0) is 11.9. The van der Waals surface area contributed by atoms with E-state index in [1.807, 2.05) is 6.08 Å². The zero-order valence-corrected chi connectivity index (χ0v) is 10.7. The van der Waals surface area contributed by atoms with Crippen LogP contribution in [0.15, 0.2) is 12.7 Å². The number of nitriles is 1. The van der Waals surface area contributed by atoms with Crippen molar-refractivity contribution in [1.29, 1.82) is 5.26 Å². The van der Waals surface area contributed by atoms with Crippen LogP contribution in [0, 0.1) is 22.7 Å². The molecule has 1 nitrogen and oxygen atoms in total. The first kappa shape index (κ1) is 13.3. The highest BCUT2D eigenvalue weighted by molar-refractivity contribution is 5.02. The molecular formula is C15H25N. The Morgan fingerprint density at radius 2 is 2.12 bits per heavy atom. The molecule has 0 N–H and O–H groups in total. The van der Waals surface area contributed by atoms with Crippen molar-refractivity contribution in [3.8, 4) is 6.07 Å². The monoisotopic (exact) mass is 219 g/mol. The van der Waals surface area contributed by atoms with Gasteiger partial charge in [0.2, 0.25) is 0 Å². The van der Waals surface area contributed by atoms with Gasteiger partial charge in [0.15, 0.2) is 0 Å². The van der Waals surface area contributed by atoms with E-state index in [-0.39, 0.29) is 5.41 Å². The molecule has 0 aliphatic heterocycles. The summed E-state index contributed by atoms with van der Waals surface area (Å²) in [7, 11) is 0. The minimum atomic E-state index is -0.0170. The van der Waals surface area contributed by atoms with Gasteiger partial charge < -0.3 is 0 Å². The topological polar surface area (TPSA) is 23.8 Å². The maximum Gasteiger partial charge on any atom is 0.0689 e. The third-order valence-electron chi connectivity index (χ3n) is 4.09. The Morgan fingerprint density at radius 3 is 2.62 bits per heavy atom. The fraction of sp³-hybridized carbons (Fsp3) is 0.800. The van der Waals surface area contributed by atoms with E-state index in [1.165, 1.54) is 32.1 Å². The molecular weight excluding hydrogens is 194 g/mol. The van der Waals surface area contributed by atoms with Gasteiger partial charge >= 0.3 is 0 Å². The summed E-state index contributed by atoms with van der Waals surface area (Å²) >= 11 is 0. The van der Waals surface area contributed by atoms with E-state index in [0.29, 0.717) is 0 Å². The van der Waals surface area contributed by atoms with Crippen LogP contribution in [0.3, 0.4) is 0 Å². The molecule has 0 spiro atoms. The molecule has 0 unspecified atom stereocenters. The third-order valence-corrected chi connectivity index (χ3v) is 4.09. The summed E-state index contributed by atoms with van der Waals surface area (Å²) in [4.78, 5) is 0. The molecule has 0 aromatic rings. The zero-order valence-electron chi connectivity index (χ0n) is 10.7. The standard InChI is InChI=1S/C15H25N/c1-3-5-7-14-8-11-15(13-16,12-9-14)10-6-4-2/h4,14H,2-3,5-12H2,1H3. The predicted octanol–water partition coefficient (Wildman–Crippen LogP) is 4.84. The van der Waals surface area contributed by atoms with Gasteiger partial charge in [-0.3, -0.25) is 0 Å². The lowest BCUT2D eigenvalue weighted by Gasteiger charge is -2.34. The maximum atomic E-state index is 9.35. The largest absolute Gasteiger partial charge is 0.198 e. The first-order chi connectivity index (χ1) is 7.76. The maximum absolute atomic E-state index is 9.35. The summed E-state index contributed by atoms with van der Waals surface area (Å²) in [5, 5.41) is 9.35. The predicted molar refractivity (Wildman–Crippen MR) is 69.0 cm³/mol. The average Bonchev–Trinajstić information content (AvgIpc) is 2.35. The molecule has 0 bridgehead atoms. The lowest BCUT2D eigenvalue weighted by molar-refractivity contribution is 0.190. The van der Waals surface area contributed by atoms with Crippen molar-refractivity contribution < 1.29 is 0 Å². The van der Waals surface area contributed by atoms with Gasteiger partial charge in [-0.1, -0.05) is 32.3 Å². The van der Waals surface area contributed by atoms with E-state index in [2.05, 4.69) is 19.6 Å². The van der Waals surface area contributed by atoms with Gasteiger partial charge in [-0.15, -0.1) is 6.58 Å². The second-order valence-corrected chi connectivity index (χ2v) is 5.31. The quantitative estimate of drug-likeness (QED) is 0.586. The lowest BCUT2D eigenvalue weighted by atomic mass is 9.68. The van der Waals surface area contributed by atoms with Crippen LogP contribution >= 0.6 is 0 Å². The first-order valence-corrected chi connectivity index (χ1v) is 6.78. The number of allylic oxidation sites excluding steroid dienone is 1. The number of rotatable bonds is 6. The van der Waals surface area contributed by atoms with Crippen LogP contribution in [0.4, 0.5) is 0 Å². The van der Waals surface area contributed by atoms with Crippen LogP contribution < -0.4 is 0 Å². The Balaban J connectivity index is 2.38. The van der Waals surface area contributed by atoms with Crippen molar-refractivity contribution in [3.63, 3.8) is 0 Å². The van der Waals surface area contributed by atoms with E-state index < -0.39 is 0 Å². The Hall–Kier alpha value is -0.770. The van der Waals surface area contributed by atoms with E-state index in [1.54, 1.807) is 0 Å². The average molecular weight is 219 g/mol. The molecule has 0 atom stereocenters. The smallest absolute Gasteiger partial charge is 0.0689 e. The molecule has 0 saturated heterocycles. The third kappa shape index (κ3) is 3.67. The summed E-state index contributed by atoms with van der Waals surface area (Å²) in [5.41, 5.74) is -0.0170. The summed E-state index contributed by atoms with van der Waals surface area (Å²) in [6.45, 7) is 6.01. The highest BCUT2D eigenvalue weighted by Gasteiger charge is 2.34. The number of hydrogen-bond donors (Lipinski definition) is 0. The molecule has 1 rings (SSSR count). The molecule has 1 saturated carbocycles. The van der Waals surface area contributed by atoms with Crippen LogP contribution in [0.5, 0.6) is 0 Å². The number of hydrogen-bond acceptors (Lipinski definition) is 1. The van der Waals surface area contributed by atoms with Gasteiger partial charge in [-0.05, 0) is 44.4 Å². The molecule has 1 heteroatoms. The fourth-order valence-electron chi connectivity index (χ4n) is 2.81. The van der Waals surface area contributed by atoms with Gasteiger partial charge in [0.1, 0.15) is 0 Å². The van der Waals surface area contributed by atoms with Gasteiger partial charge in [0.05, 0.1) is 11.5 Å². The van der Waals surface area contributed by atoms with Crippen LogP contribution in [0.25, 0.3) is 0 Å². The summed E-state index contributed by atoms with van der Waals surface area (Å²) in [6, 6.07) is 2.58. The van der Waals surface area contributed by atoms with Gasteiger partial charge in [0, 0.05) is 0 Å². The van der Waals surface area contributed by atoms with Crippen LogP contribution in [-0.4, -0.2) is 0 Å².